The molecule has 2 aromatic rings. The van der Waals surface area contributed by atoms with Gasteiger partial charge in [0.2, 0.25) is 10.0 Å². The van der Waals surface area contributed by atoms with Crippen LogP contribution < -0.4 is 5.32 Å². The van der Waals surface area contributed by atoms with Crippen molar-refractivity contribution in [2.75, 3.05) is 38.6 Å². The summed E-state index contributed by atoms with van der Waals surface area (Å²) in [6.07, 6.45) is -3.26. The summed E-state index contributed by atoms with van der Waals surface area (Å²) in [5, 5.41) is 6.53. The third-order valence-corrected chi connectivity index (χ3v) is 6.55. The monoisotopic (exact) mass is 446 g/mol. The number of halogens is 3. The molecule has 30 heavy (non-hydrogen) atoms. The molecule has 1 aromatic heterocycles. The Hall–Kier alpha value is -2.44. The summed E-state index contributed by atoms with van der Waals surface area (Å²) in [5.74, 6) is -0.817. The van der Waals surface area contributed by atoms with Gasteiger partial charge in [0.05, 0.1) is 47.7 Å². The van der Waals surface area contributed by atoms with E-state index in [4.69, 9.17) is 4.74 Å². The quantitative estimate of drug-likeness (QED) is 0.728. The van der Waals surface area contributed by atoms with Gasteiger partial charge in [-0.3, -0.25) is 4.79 Å². The van der Waals surface area contributed by atoms with Crippen LogP contribution in [0, 0.1) is 6.92 Å². The van der Waals surface area contributed by atoms with Gasteiger partial charge in [-0.25, -0.2) is 13.1 Å². The lowest BCUT2D eigenvalue weighted by atomic mass is 10.2. The Kier molecular flexibility index (Phi) is 6.48. The minimum Gasteiger partial charge on any atom is -0.379 e. The Morgan fingerprint density at radius 2 is 1.97 bits per heavy atom. The van der Waals surface area contributed by atoms with E-state index in [0.717, 1.165) is 12.1 Å². The maximum absolute atomic E-state index is 12.9. The fourth-order valence-electron chi connectivity index (χ4n) is 3.05. The summed E-state index contributed by atoms with van der Waals surface area (Å²) < 4.78 is 71.0. The Balaban J connectivity index is 1.66. The van der Waals surface area contributed by atoms with Crippen molar-refractivity contribution in [3.63, 3.8) is 0 Å². The van der Waals surface area contributed by atoms with E-state index in [0.29, 0.717) is 18.9 Å². The number of benzene rings is 1. The standard InChI is InChI=1S/C18H21F3N4O4S/c1-13-16(12-23-25(13)15-4-2-3-14(11-15)18(19,20)21)17(26)22-5-10-30(27,28)24-6-8-29-9-7-24/h2-4,11-12H,5-10H2,1H3,(H,22,26). The maximum atomic E-state index is 12.9. The van der Waals surface area contributed by atoms with Gasteiger partial charge in [-0.1, -0.05) is 6.07 Å². The molecule has 164 valence electrons. The van der Waals surface area contributed by atoms with Crippen LogP contribution in [0.4, 0.5) is 13.2 Å². The van der Waals surface area contributed by atoms with Crippen LogP contribution in [-0.4, -0.2) is 67.0 Å². The molecule has 1 aromatic carbocycles. The van der Waals surface area contributed by atoms with E-state index in [1.807, 2.05) is 0 Å². The molecule has 1 aliphatic rings. The molecular formula is C18H21F3N4O4S. The second kappa shape index (κ2) is 8.74. The molecule has 0 unspecified atom stereocenters. The van der Waals surface area contributed by atoms with Crippen LogP contribution in [0.15, 0.2) is 30.5 Å². The molecule has 1 fully saturated rings. The number of sulfonamides is 1. The smallest absolute Gasteiger partial charge is 0.379 e. The number of carbonyl (C=O) groups is 1. The number of hydrogen-bond donors (Lipinski definition) is 1. The molecule has 1 amide bonds. The fraction of sp³-hybridized carbons (Fsp3) is 0.444. The zero-order valence-electron chi connectivity index (χ0n) is 16.1. The number of nitrogens with zero attached hydrogens (tertiary/aromatic N) is 3. The lowest BCUT2D eigenvalue weighted by Gasteiger charge is -2.26. The van der Waals surface area contributed by atoms with Gasteiger partial charge in [0.1, 0.15) is 0 Å². The molecule has 0 bridgehead atoms. The molecule has 0 spiro atoms. The first-order chi connectivity index (χ1) is 14.1. The fourth-order valence-corrected chi connectivity index (χ4v) is 4.37. The predicted octanol–water partition coefficient (Wildman–Crippen LogP) is 1.59. The van der Waals surface area contributed by atoms with Crippen molar-refractivity contribution < 1.29 is 31.1 Å². The van der Waals surface area contributed by atoms with Crippen molar-refractivity contribution in [2.24, 2.45) is 0 Å². The number of morpholine rings is 1. The van der Waals surface area contributed by atoms with Crippen LogP contribution in [0.1, 0.15) is 21.6 Å². The topological polar surface area (TPSA) is 93.5 Å². The number of hydrogen-bond acceptors (Lipinski definition) is 5. The molecule has 1 saturated heterocycles. The van der Waals surface area contributed by atoms with Gasteiger partial charge in [0, 0.05) is 19.6 Å². The van der Waals surface area contributed by atoms with E-state index < -0.39 is 27.7 Å². The number of amides is 1. The largest absolute Gasteiger partial charge is 0.416 e. The third kappa shape index (κ3) is 4.99. The van der Waals surface area contributed by atoms with Gasteiger partial charge in [-0.05, 0) is 25.1 Å². The van der Waals surface area contributed by atoms with Crippen LogP contribution in [0.3, 0.4) is 0 Å². The van der Waals surface area contributed by atoms with E-state index in [-0.39, 0.29) is 36.6 Å². The van der Waals surface area contributed by atoms with Crippen LogP contribution in [0.25, 0.3) is 5.69 Å². The summed E-state index contributed by atoms with van der Waals surface area (Å²) in [4.78, 5) is 12.4. The van der Waals surface area contributed by atoms with Gasteiger partial charge in [-0.15, -0.1) is 0 Å². The molecule has 1 aliphatic heterocycles. The number of carbonyl (C=O) groups excluding carboxylic acids is 1. The van der Waals surface area contributed by atoms with Crippen LogP contribution in [0.2, 0.25) is 0 Å². The average Bonchev–Trinajstić information content (AvgIpc) is 3.09. The highest BCUT2D eigenvalue weighted by atomic mass is 32.2. The van der Waals surface area contributed by atoms with E-state index >= 15 is 0 Å². The minimum atomic E-state index is -4.50. The zero-order chi connectivity index (χ0) is 21.9. The molecule has 8 nitrogen and oxygen atoms in total. The van der Waals surface area contributed by atoms with Crippen molar-refractivity contribution in [1.82, 2.24) is 19.4 Å². The minimum absolute atomic E-state index is 0.104. The number of ether oxygens (including phenoxy) is 1. The second-order valence-electron chi connectivity index (χ2n) is 6.69. The predicted molar refractivity (Wildman–Crippen MR) is 102 cm³/mol. The van der Waals surface area contributed by atoms with Crippen molar-refractivity contribution in [2.45, 2.75) is 13.1 Å². The zero-order valence-corrected chi connectivity index (χ0v) is 17.0. The molecule has 12 heteroatoms. The highest BCUT2D eigenvalue weighted by Gasteiger charge is 2.31. The molecule has 2 heterocycles. The highest BCUT2D eigenvalue weighted by Crippen LogP contribution is 2.30. The van der Waals surface area contributed by atoms with Crippen molar-refractivity contribution in [3.8, 4) is 5.69 Å². The van der Waals surface area contributed by atoms with Crippen molar-refractivity contribution >= 4 is 15.9 Å². The Morgan fingerprint density at radius 1 is 1.27 bits per heavy atom. The number of aromatic nitrogens is 2. The van der Waals surface area contributed by atoms with E-state index in [1.165, 1.54) is 27.3 Å². The van der Waals surface area contributed by atoms with Crippen molar-refractivity contribution in [1.29, 1.82) is 0 Å². The van der Waals surface area contributed by atoms with Gasteiger partial charge >= 0.3 is 6.18 Å². The summed E-state index contributed by atoms with van der Waals surface area (Å²) in [5.41, 5.74) is -0.176. The van der Waals surface area contributed by atoms with Gasteiger partial charge in [0.15, 0.2) is 0 Å². The van der Waals surface area contributed by atoms with Crippen LogP contribution >= 0.6 is 0 Å². The molecule has 0 atom stereocenters. The first-order valence-corrected chi connectivity index (χ1v) is 10.8. The summed E-state index contributed by atoms with van der Waals surface area (Å²) in [6.45, 7) is 2.66. The molecule has 0 radical (unpaired) electrons. The lowest BCUT2D eigenvalue weighted by molar-refractivity contribution is -0.137. The molecular weight excluding hydrogens is 425 g/mol. The third-order valence-electron chi connectivity index (χ3n) is 4.68. The van der Waals surface area contributed by atoms with E-state index in [9.17, 15) is 26.4 Å². The summed E-state index contributed by atoms with van der Waals surface area (Å²) in [7, 11) is -3.52. The van der Waals surface area contributed by atoms with Gasteiger partial charge in [0.25, 0.3) is 5.91 Å². The first-order valence-electron chi connectivity index (χ1n) is 9.15. The molecule has 3 rings (SSSR count). The molecule has 1 N–H and O–H groups in total. The summed E-state index contributed by atoms with van der Waals surface area (Å²) in [6, 6.07) is 4.60. The van der Waals surface area contributed by atoms with Crippen LogP contribution in [-0.2, 0) is 20.9 Å². The number of alkyl halides is 3. The Bertz CT molecular complexity index is 1010. The average molecular weight is 446 g/mol. The van der Waals surface area contributed by atoms with Gasteiger partial charge in [-0.2, -0.15) is 22.6 Å². The maximum Gasteiger partial charge on any atom is 0.416 e. The van der Waals surface area contributed by atoms with Crippen LogP contribution in [0.5, 0.6) is 0 Å². The van der Waals surface area contributed by atoms with E-state index in [1.54, 1.807) is 6.92 Å². The second-order valence-corrected chi connectivity index (χ2v) is 8.78. The SMILES string of the molecule is Cc1c(C(=O)NCCS(=O)(=O)N2CCOCC2)cnn1-c1cccc(C(F)(F)F)c1. The summed E-state index contributed by atoms with van der Waals surface area (Å²) >= 11 is 0. The molecule has 0 saturated carbocycles. The lowest BCUT2D eigenvalue weighted by Crippen LogP contribution is -2.43. The normalized spacial score (nSPS) is 15.9. The highest BCUT2D eigenvalue weighted by molar-refractivity contribution is 7.89. The first kappa shape index (κ1) is 22.2. The number of nitrogens with one attached hydrogen (secondary N) is 1. The Morgan fingerprint density at radius 3 is 2.63 bits per heavy atom. The van der Waals surface area contributed by atoms with Crippen molar-refractivity contribution in [3.05, 3.63) is 47.3 Å². The van der Waals surface area contributed by atoms with Gasteiger partial charge < -0.3 is 10.1 Å². The Labute approximate surface area is 171 Å². The number of rotatable bonds is 6. The van der Waals surface area contributed by atoms with E-state index in [2.05, 4.69) is 10.4 Å². The molecule has 0 aliphatic carbocycles.